The summed E-state index contributed by atoms with van der Waals surface area (Å²) in [6.07, 6.45) is 3.30. The van der Waals surface area contributed by atoms with Gasteiger partial charge in [-0.2, -0.15) is 0 Å². The van der Waals surface area contributed by atoms with Crippen molar-refractivity contribution >= 4 is 17.5 Å². The first-order chi connectivity index (χ1) is 11.0. The molecule has 1 aliphatic rings. The van der Waals surface area contributed by atoms with E-state index < -0.39 is 5.82 Å². The van der Waals surface area contributed by atoms with Crippen LogP contribution < -0.4 is 5.56 Å². The molecule has 2 aromatic rings. The van der Waals surface area contributed by atoms with E-state index in [9.17, 15) is 14.0 Å². The lowest BCUT2D eigenvalue weighted by molar-refractivity contribution is 0.0726. The van der Waals surface area contributed by atoms with Gasteiger partial charge in [0.25, 0.3) is 11.5 Å². The summed E-state index contributed by atoms with van der Waals surface area (Å²) in [6.45, 7) is 0.0626. The second kappa shape index (κ2) is 6.16. The third-order valence-electron chi connectivity index (χ3n) is 3.99. The number of aromatic nitrogens is 1. The third kappa shape index (κ3) is 3.15. The molecule has 0 aliphatic heterocycles. The SMILES string of the molecule is Cn1cccc(C(=O)N(Cc2c(F)cccc2Cl)C2CC2)c1=O. The minimum Gasteiger partial charge on any atom is -0.331 e. The van der Waals surface area contributed by atoms with Gasteiger partial charge in [-0.3, -0.25) is 9.59 Å². The van der Waals surface area contributed by atoms with E-state index in [-0.39, 0.29) is 40.2 Å². The molecule has 1 saturated carbocycles. The van der Waals surface area contributed by atoms with E-state index in [0.717, 1.165) is 12.8 Å². The fraction of sp³-hybridized carbons (Fsp3) is 0.294. The molecule has 1 heterocycles. The van der Waals surface area contributed by atoms with Gasteiger partial charge >= 0.3 is 0 Å². The summed E-state index contributed by atoms with van der Waals surface area (Å²) in [5.74, 6) is -0.829. The van der Waals surface area contributed by atoms with Crippen molar-refractivity contribution in [2.75, 3.05) is 0 Å². The van der Waals surface area contributed by atoms with E-state index in [1.54, 1.807) is 30.3 Å². The molecule has 1 amide bonds. The van der Waals surface area contributed by atoms with Crippen molar-refractivity contribution in [3.05, 3.63) is 68.8 Å². The second-order valence-electron chi connectivity index (χ2n) is 5.70. The van der Waals surface area contributed by atoms with Crippen LogP contribution in [0, 0.1) is 5.82 Å². The van der Waals surface area contributed by atoms with E-state index in [4.69, 9.17) is 11.6 Å². The molecule has 0 bridgehead atoms. The summed E-state index contributed by atoms with van der Waals surface area (Å²) in [4.78, 5) is 26.5. The van der Waals surface area contributed by atoms with Crippen molar-refractivity contribution in [2.45, 2.75) is 25.4 Å². The first-order valence-corrected chi connectivity index (χ1v) is 7.76. The molecular formula is C17H16ClFN2O2. The Balaban J connectivity index is 1.95. The number of aryl methyl sites for hydroxylation is 1. The van der Waals surface area contributed by atoms with Crippen LogP contribution in [-0.4, -0.2) is 21.4 Å². The van der Waals surface area contributed by atoms with Gasteiger partial charge in [0.05, 0.1) is 6.54 Å². The van der Waals surface area contributed by atoms with Gasteiger partial charge in [0.15, 0.2) is 0 Å². The number of pyridine rings is 1. The van der Waals surface area contributed by atoms with Crippen molar-refractivity contribution in [3.8, 4) is 0 Å². The zero-order chi connectivity index (χ0) is 16.6. The molecule has 4 nitrogen and oxygen atoms in total. The van der Waals surface area contributed by atoms with E-state index in [0.29, 0.717) is 0 Å². The zero-order valence-electron chi connectivity index (χ0n) is 12.6. The Kier molecular flexibility index (Phi) is 4.22. The first kappa shape index (κ1) is 15.7. The molecule has 3 rings (SSSR count). The number of halogens is 2. The Morgan fingerprint density at radius 3 is 2.74 bits per heavy atom. The van der Waals surface area contributed by atoms with Crippen LogP contribution in [0.2, 0.25) is 5.02 Å². The second-order valence-corrected chi connectivity index (χ2v) is 6.11. The van der Waals surface area contributed by atoms with E-state index >= 15 is 0 Å². The van der Waals surface area contributed by atoms with Crippen molar-refractivity contribution < 1.29 is 9.18 Å². The maximum absolute atomic E-state index is 14.0. The lowest BCUT2D eigenvalue weighted by atomic mass is 10.1. The average molecular weight is 335 g/mol. The molecule has 120 valence electrons. The summed E-state index contributed by atoms with van der Waals surface area (Å²) in [5, 5.41) is 0.282. The summed E-state index contributed by atoms with van der Waals surface area (Å²) in [5.41, 5.74) is 0.0133. The van der Waals surface area contributed by atoms with E-state index in [1.165, 1.54) is 22.8 Å². The summed E-state index contributed by atoms with van der Waals surface area (Å²) in [7, 11) is 1.59. The maximum Gasteiger partial charge on any atom is 0.263 e. The predicted octanol–water partition coefficient (Wildman–Crippen LogP) is 2.98. The molecule has 0 atom stereocenters. The average Bonchev–Trinajstić information content (AvgIpc) is 3.34. The molecule has 1 aliphatic carbocycles. The number of hydrogen-bond acceptors (Lipinski definition) is 2. The normalized spacial score (nSPS) is 13.9. The van der Waals surface area contributed by atoms with Gasteiger partial charge in [0, 0.05) is 29.9 Å². The van der Waals surface area contributed by atoms with E-state index in [1.807, 2.05) is 0 Å². The highest BCUT2D eigenvalue weighted by molar-refractivity contribution is 6.31. The number of rotatable bonds is 4. The summed E-state index contributed by atoms with van der Waals surface area (Å²) in [6, 6.07) is 7.62. The minimum atomic E-state index is -0.447. The standard InChI is InChI=1S/C17H16ClFN2O2/c1-20-9-3-4-12(16(20)22)17(23)21(11-7-8-11)10-13-14(18)5-2-6-15(13)19/h2-6,9,11H,7-8,10H2,1H3. The molecule has 23 heavy (non-hydrogen) atoms. The van der Waals surface area contributed by atoms with Crippen LogP contribution in [0.5, 0.6) is 0 Å². The number of carbonyl (C=O) groups is 1. The third-order valence-corrected chi connectivity index (χ3v) is 4.35. The largest absolute Gasteiger partial charge is 0.331 e. The zero-order valence-corrected chi connectivity index (χ0v) is 13.4. The first-order valence-electron chi connectivity index (χ1n) is 7.38. The van der Waals surface area contributed by atoms with Gasteiger partial charge in [0.2, 0.25) is 0 Å². The molecule has 1 aromatic carbocycles. The van der Waals surface area contributed by atoms with Gasteiger partial charge in [-0.1, -0.05) is 17.7 Å². The topological polar surface area (TPSA) is 42.3 Å². The number of amides is 1. The lowest BCUT2D eigenvalue weighted by Gasteiger charge is -2.23. The molecule has 0 radical (unpaired) electrons. The van der Waals surface area contributed by atoms with Gasteiger partial charge in [-0.15, -0.1) is 0 Å². The fourth-order valence-electron chi connectivity index (χ4n) is 2.52. The summed E-state index contributed by atoms with van der Waals surface area (Å²) < 4.78 is 15.4. The lowest BCUT2D eigenvalue weighted by Crippen LogP contribution is -2.37. The Bertz CT molecular complexity index is 794. The Morgan fingerprint density at radius 2 is 2.09 bits per heavy atom. The van der Waals surface area contributed by atoms with Crippen molar-refractivity contribution in [2.24, 2.45) is 7.05 Å². The molecule has 0 unspecified atom stereocenters. The van der Waals surface area contributed by atoms with Crippen molar-refractivity contribution in [1.29, 1.82) is 0 Å². The monoisotopic (exact) mass is 334 g/mol. The Hall–Kier alpha value is -2.14. The van der Waals surface area contributed by atoms with Gasteiger partial charge in [0.1, 0.15) is 11.4 Å². The molecular weight excluding hydrogens is 319 g/mol. The number of carbonyl (C=O) groups excluding carboxylic acids is 1. The highest BCUT2D eigenvalue weighted by Gasteiger charge is 2.34. The molecule has 0 spiro atoms. The van der Waals surface area contributed by atoms with Gasteiger partial charge < -0.3 is 9.47 Å². The number of hydrogen-bond donors (Lipinski definition) is 0. The quantitative estimate of drug-likeness (QED) is 0.862. The van der Waals surface area contributed by atoms with Crippen molar-refractivity contribution in [1.82, 2.24) is 9.47 Å². The molecule has 0 saturated heterocycles. The highest BCUT2D eigenvalue weighted by atomic mass is 35.5. The van der Waals surface area contributed by atoms with Gasteiger partial charge in [-0.05, 0) is 37.1 Å². The van der Waals surface area contributed by atoms with E-state index in [2.05, 4.69) is 0 Å². The molecule has 6 heteroatoms. The highest BCUT2D eigenvalue weighted by Crippen LogP contribution is 2.31. The Morgan fingerprint density at radius 1 is 1.35 bits per heavy atom. The van der Waals surface area contributed by atoms with Crippen molar-refractivity contribution in [3.63, 3.8) is 0 Å². The van der Waals surface area contributed by atoms with Crippen LogP contribution in [0.15, 0.2) is 41.3 Å². The minimum absolute atomic E-state index is 0.0306. The molecule has 1 fully saturated rings. The maximum atomic E-state index is 14.0. The van der Waals surface area contributed by atoms with Gasteiger partial charge in [-0.25, -0.2) is 4.39 Å². The van der Waals surface area contributed by atoms with Crippen LogP contribution in [0.3, 0.4) is 0 Å². The van der Waals surface area contributed by atoms with Crippen LogP contribution >= 0.6 is 11.6 Å². The van der Waals surface area contributed by atoms with Crippen LogP contribution in [-0.2, 0) is 13.6 Å². The molecule has 0 N–H and O–H groups in total. The fourth-order valence-corrected chi connectivity index (χ4v) is 2.74. The number of benzene rings is 1. The molecule has 1 aromatic heterocycles. The number of nitrogens with zero attached hydrogens (tertiary/aromatic N) is 2. The predicted molar refractivity (Wildman–Crippen MR) is 86.0 cm³/mol. The Labute approximate surface area is 138 Å². The van der Waals surface area contributed by atoms with Crippen LogP contribution in [0.4, 0.5) is 4.39 Å². The smallest absolute Gasteiger partial charge is 0.263 e. The van der Waals surface area contributed by atoms with Crippen LogP contribution in [0.1, 0.15) is 28.8 Å². The van der Waals surface area contributed by atoms with Crippen LogP contribution in [0.25, 0.3) is 0 Å². The summed E-state index contributed by atoms with van der Waals surface area (Å²) >= 11 is 6.06.